The van der Waals surface area contributed by atoms with Crippen molar-refractivity contribution < 1.29 is 14.6 Å². The van der Waals surface area contributed by atoms with Gasteiger partial charge >= 0.3 is 6.09 Å². The molecule has 0 aliphatic carbocycles. The quantitative estimate of drug-likeness (QED) is 0.686. The number of hydrogen-bond donors (Lipinski definition) is 2. The molecule has 2 atom stereocenters. The Morgan fingerprint density at radius 2 is 1.63 bits per heavy atom. The molecule has 1 amide bonds. The van der Waals surface area contributed by atoms with Crippen molar-refractivity contribution >= 4 is 6.09 Å². The topological polar surface area (TPSA) is 58.6 Å². The minimum absolute atomic E-state index is 0.284. The Balaban J connectivity index is 1.91. The van der Waals surface area contributed by atoms with Crippen molar-refractivity contribution in [1.82, 2.24) is 5.32 Å². The summed E-state index contributed by atoms with van der Waals surface area (Å²) < 4.78 is 5.38. The fourth-order valence-electron chi connectivity index (χ4n) is 2.99. The van der Waals surface area contributed by atoms with E-state index in [4.69, 9.17) is 4.74 Å². The van der Waals surface area contributed by atoms with Crippen molar-refractivity contribution in [2.45, 2.75) is 64.2 Å². The molecule has 0 bridgehead atoms. The summed E-state index contributed by atoms with van der Waals surface area (Å²) in [7, 11) is 0. The van der Waals surface area contributed by atoms with E-state index in [9.17, 15) is 9.90 Å². The maximum atomic E-state index is 12.2. The number of carbonyl (C=O) groups is 1. The summed E-state index contributed by atoms with van der Waals surface area (Å²) >= 11 is 0. The van der Waals surface area contributed by atoms with Gasteiger partial charge in [0.05, 0.1) is 12.1 Å². The van der Waals surface area contributed by atoms with E-state index >= 15 is 0 Å². The second-order valence-corrected chi connectivity index (χ2v) is 7.88. The van der Waals surface area contributed by atoms with E-state index in [-0.39, 0.29) is 6.04 Å². The lowest BCUT2D eigenvalue weighted by molar-refractivity contribution is 0.0480. The van der Waals surface area contributed by atoms with Crippen LogP contribution in [0.1, 0.15) is 57.2 Å². The van der Waals surface area contributed by atoms with Crippen LogP contribution in [0.5, 0.6) is 0 Å². The number of rotatable bonds is 8. The summed E-state index contributed by atoms with van der Waals surface area (Å²) in [5, 5.41) is 13.4. The number of amides is 1. The number of hydrogen-bond acceptors (Lipinski definition) is 3. The normalized spacial score (nSPS) is 13.6. The molecule has 2 rings (SSSR count). The maximum absolute atomic E-state index is 12.2. The molecule has 0 radical (unpaired) electrons. The smallest absolute Gasteiger partial charge is 0.408 e. The van der Waals surface area contributed by atoms with Gasteiger partial charge in [-0.1, -0.05) is 60.7 Å². The molecule has 0 saturated heterocycles. The first-order chi connectivity index (χ1) is 12.8. The Hall–Kier alpha value is -2.33. The van der Waals surface area contributed by atoms with Gasteiger partial charge in [0.15, 0.2) is 0 Å². The minimum atomic E-state index is -0.556. The predicted octanol–water partition coefficient (Wildman–Crippen LogP) is 5.03. The fraction of sp³-hybridized carbons (Fsp3) is 0.435. The third-order valence-electron chi connectivity index (χ3n) is 4.25. The molecule has 4 nitrogen and oxygen atoms in total. The highest BCUT2D eigenvalue weighted by atomic mass is 16.6. The molecule has 0 aromatic heterocycles. The average molecular weight is 370 g/mol. The number of aliphatic hydroxyl groups is 1. The third kappa shape index (κ3) is 8.27. The van der Waals surface area contributed by atoms with E-state index in [2.05, 4.69) is 17.4 Å². The van der Waals surface area contributed by atoms with Crippen molar-refractivity contribution in [1.29, 1.82) is 0 Å². The zero-order valence-corrected chi connectivity index (χ0v) is 16.5. The molecule has 146 valence electrons. The number of nitrogens with one attached hydrogen (secondary N) is 1. The molecule has 2 aromatic carbocycles. The Bertz CT molecular complexity index is 680. The standard InChI is InChI=1S/C23H31NO3/c1-23(2,3)27-22(26)24-21(19-14-8-5-9-15-19)17-20(25)16-10-13-18-11-6-4-7-12-18/h4-9,11-12,14-15,20-21,25H,10,13,16-17H2,1-3H3,(H,24,26). The van der Waals surface area contributed by atoms with Gasteiger partial charge in [0.2, 0.25) is 0 Å². The van der Waals surface area contributed by atoms with Gasteiger partial charge in [0.25, 0.3) is 0 Å². The fourth-order valence-corrected chi connectivity index (χ4v) is 2.99. The Morgan fingerprint density at radius 3 is 2.22 bits per heavy atom. The largest absolute Gasteiger partial charge is 0.444 e. The highest BCUT2D eigenvalue weighted by molar-refractivity contribution is 5.68. The van der Waals surface area contributed by atoms with E-state index in [1.807, 2.05) is 69.3 Å². The molecule has 2 N–H and O–H groups in total. The lowest BCUT2D eigenvalue weighted by Crippen LogP contribution is -2.36. The van der Waals surface area contributed by atoms with Crippen LogP contribution in [0.4, 0.5) is 4.79 Å². The van der Waals surface area contributed by atoms with Crippen LogP contribution in [0.15, 0.2) is 60.7 Å². The molecule has 0 saturated carbocycles. The summed E-state index contributed by atoms with van der Waals surface area (Å²) in [5.41, 5.74) is 1.68. The highest BCUT2D eigenvalue weighted by Crippen LogP contribution is 2.22. The molecule has 4 heteroatoms. The van der Waals surface area contributed by atoms with E-state index in [1.165, 1.54) is 5.56 Å². The van der Waals surface area contributed by atoms with Gasteiger partial charge in [-0.2, -0.15) is 0 Å². The van der Waals surface area contributed by atoms with Crippen LogP contribution in [-0.4, -0.2) is 22.9 Å². The van der Waals surface area contributed by atoms with E-state index < -0.39 is 17.8 Å². The van der Waals surface area contributed by atoms with Gasteiger partial charge in [0.1, 0.15) is 5.60 Å². The minimum Gasteiger partial charge on any atom is -0.444 e. The van der Waals surface area contributed by atoms with Gasteiger partial charge < -0.3 is 15.2 Å². The maximum Gasteiger partial charge on any atom is 0.408 e. The first-order valence-electron chi connectivity index (χ1n) is 9.60. The summed E-state index contributed by atoms with van der Waals surface area (Å²) in [4.78, 5) is 12.2. The molecular weight excluding hydrogens is 338 g/mol. The van der Waals surface area contributed by atoms with Crippen molar-refractivity contribution in [2.24, 2.45) is 0 Å². The zero-order valence-electron chi connectivity index (χ0n) is 16.5. The Kier molecular flexibility index (Phi) is 7.86. The summed E-state index contributed by atoms with van der Waals surface area (Å²) in [6.45, 7) is 5.51. The molecule has 0 fully saturated rings. The van der Waals surface area contributed by atoms with Gasteiger partial charge in [-0.15, -0.1) is 0 Å². The Labute approximate surface area is 162 Å². The van der Waals surface area contributed by atoms with Gasteiger partial charge in [-0.05, 0) is 57.6 Å². The molecule has 27 heavy (non-hydrogen) atoms. The van der Waals surface area contributed by atoms with Crippen LogP contribution in [0.3, 0.4) is 0 Å². The molecule has 0 aliphatic rings. The molecular formula is C23H31NO3. The van der Waals surface area contributed by atoms with Crippen LogP contribution < -0.4 is 5.32 Å². The summed E-state index contributed by atoms with van der Waals surface area (Å²) in [6.07, 6.45) is 2.03. The van der Waals surface area contributed by atoms with Crippen molar-refractivity contribution in [2.75, 3.05) is 0 Å². The molecule has 2 unspecified atom stereocenters. The molecule has 0 aliphatic heterocycles. The molecule has 2 aromatic rings. The average Bonchev–Trinajstić information content (AvgIpc) is 2.61. The van der Waals surface area contributed by atoms with Crippen LogP contribution in [0.2, 0.25) is 0 Å². The van der Waals surface area contributed by atoms with Crippen molar-refractivity contribution in [3.63, 3.8) is 0 Å². The van der Waals surface area contributed by atoms with Crippen LogP contribution in [0, 0.1) is 0 Å². The second-order valence-electron chi connectivity index (χ2n) is 7.88. The van der Waals surface area contributed by atoms with Crippen LogP contribution in [0.25, 0.3) is 0 Å². The summed E-state index contributed by atoms with van der Waals surface area (Å²) in [6, 6.07) is 19.7. The zero-order chi connectivity index (χ0) is 19.7. The van der Waals surface area contributed by atoms with Gasteiger partial charge in [-0.3, -0.25) is 0 Å². The number of carbonyl (C=O) groups excluding carboxylic acids is 1. The Morgan fingerprint density at radius 1 is 1.04 bits per heavy atom. The lowest BCUT2D eigenvalue weighted by Gasteiger charge is -2.25. The van der Waals surface area contributed by atoms with E-state index in [0.717, 1.165) is 18.4 Å². The number of alkyl carbamates (subject to hydrolysis) is 1. The number of benzene rings is 2. The number of aryl methyl sites for hydroxylation is 1. The van der Waals surface area contributed by atoms with E-state index in [1.54, 1.807) is 0 Å². The highest BCUT2D eigenvalue weighted by Gasteiger charge is 2.22. The molecule has 0 heterocycles. The second kappa shape index (κ2) is 10.1. The van der Waals surface area contributed by atoms with Crippen molar-refractivity contribution in [3.05, 3.63) is 71.8 Å². The first-order valence-corrected chi connectivity index (χ1v) is 9.60. The first kappa shape index (κ1) is 21.0. The van der Waals surface area contributed by atoms with Crippen LogP contribution >= 0.6 is 0 Å². The van der Waals surface area contributed by atoms with Crippen molar-refractivity contribution in [3.8, 4) is 0 Å². The SMILES string of the molecule is CC(C)(C)OC(=O)NC(CC(O)CCCc1ccccc1)c1ccccc1. The predicted molar refractivity (Wildman–Crippen MR) is 109 cm³/mol. The van der Waals surface area contributed by atoms with Crippen LogP contribution in [-0.2, 0) is 11.2 Å². The number of ether oxygens (including phenoxy) is 1. The lowest BCUT2D eigenvalue weighted by atomic mass is 9.97. The summed E-state index contributed by atoms with van der Waals surface area (Å²) in [5.74, 6) is 0. The third-order valence-corrected chi connectivity index (χ3v) is 4.25. The monoisotopic (exact) mass is 369 g/mol. The van der Waals surface area contributed by atoms with Gasteiger partial charge in [0, 0.05) is 0 Å². The van der Waals surface area contributed by atoms with E-state index in [0.29, 0.717) is 12.8 Å². The number of aliphatic hydroxyl groups excluding tert-OH is 1. The van der Waals surface area contributed by atoms with Gasteiger partial charge in [-0.25, -0.2) is 4.79 Å². The molecule has 0 spiro atoms.